The molecule has 0 amide bonds. The van der Waals surface area contributed by atoms with Gasteiger partial charge in [-0.05, 0) is 31.4 Å². The smallest absolute Gasteiger partial charge is 0.191 e. The number of aromatic nitrogens is 1. The van der Waals surface area contributed by atoms with E-state index in [9.17, 15) is 0 Å². The maximum absolute atomic E-state index is 5.39. The fraction of sp³-hybridized carbons (Fsp3) is 0.684. The van der Waals surface area contributed by atoms with Gasteiger partial charge in [0.05, 0.1) is 19.8 Å². The molecule has 2 saturated heterocycles. The van der Waals surface area contributed by atoms with Crippen molar-refractivity contribution in [2.24, 2.45) is 4.99 Å². The van der Waals surface area contributed by atoms with Gasteiger partial charge in [0.15, 0.2) is 5.96 Å². The topological polar surface area (TPSA) is 65.0 Å². The van der Waals surface area contributed by atoms with Gasteiger partial charge in [-0.2, -0.15) is 0 Å². The highest BCUT2D eigenvalue weighted by molar-refractivity contribution is 5.79. The Labute approximate surface area is 156 Å². The average molecular weight is 361 g/mol. The zero-order valence-corrected chi connectivity index (χ0v) is 15.9. The summed E-state index contributed by atoms with van der Waals surface area (Å²) in [4.78, 5) is 14.1. The van der Waals surface area contributed by atoms with E-state index in [0.29, 0.717) is 6.54 Å². The van der Waals surface area contributed by atoms with E-state index < -0.39 is 0 Å². The summed E-state index contributed by atoms with van der Waals surface area (Å²) in [7, 11) is 0. The van der Waals surface area contributed by atoms with Crippen LogP contribution in [0.15, 0.2) is 23.3 Å². The van der Waals surface area contributed by atoms with Crippen molar-refractivity contribution in [1.29, 1.82) is 0 Å². The number of nitrogens with one attached hydrogen (secondary N) is 2. The Morgan fingerprint density at radius 1 is 1.15 bits per heavy atom. The summed E-state index contributed by atoms with van der Waals surface area (Å²) >= 11 is 0. The van der Waals surface area contributed by atoms with E-state index in [1.165, 1.54) is 12.8 Å². The number of pyridine rings is 1. The number of morpholine rings is 1. The standard InChI is InChI=1S/C19H32N6O/c1-2-20-19(21-7-10-24-11-13-26-14-12-24)23-16-17-5-6-18(22-15-17)25-8-3-4-9-25/h5-6,15H,2-4,7-14,16H2,1H3,(H2,20,21,23). The van der Waals surface area contributed by atoms with Crippen molar-refractivity contribution in [2.45, 2.75) is 26.3 Å². The summed E-state index contributed by atoms with van der Waals surface area (Å²) < 4.78 is 5.39. The SMILES string of the molecule is CCNC(=NCc1ccc(N2CCCC2)nc1)NCCN1CCOCC1. The molecule has 0 unspecified atom stereocenters. The van der Waals surface area contributed by atoms with E-state index in [4.69, 9.17) is 9.73 Å². The van der Waals surface area contributed by atoms with Gasteiger partial charge in [0.25, 0.3) is 0 Å². The van der Waals surface area contributed by atoms with Crippen molar-refractivity contribution in [3.63, 3.8) is 0 Å². The van der Waals surface area contributed by atoms with E-state index in [0.717, 1.165) is 76.4 Å². The molecular weight excluding hydrogens is 328 g/mol. The molecule has 3 rings (SSSR count). The fourth-order valence-corrected chi connectivity index (χ4v) is 3.31. The van der Waals surface area contributed by atoms with Crippen LogP contribution in [-0.4, -0.2) is 74.9 Å². The van der Waals surface area contributed by atoms with Crippen molar-refractivity contribution in [3.8, 4) is 0 Å². The van der Waals surface area contributed by atoms with Crippen molar-refractivity contribution >= 4 is 11.8 Å². The third-order valence-electron chi connectivity index (χ3n) is 4.83. The lowest BCUT2D eigenvalue weighted by Gasteiger charge is -2.26. The highest BCUT2D eigenvalue weighted by Gasteiger charge is 2.13. The van der Waals surface area contributed by atoms with Gasteiger partial charge in [0.2, 0.25) is 0 Å². The summed E-state index contributed by atoms with van der Waals surface area (Å²) in [6.45, 7) is 11.5. The van der Waals surface area contributed by atoms with Crippen LogP contribution in [0.5, 0.6) is 0 Å². The van der Waals surface area contributed by atoms with Crippen molar-refractivity contribution in [2.75, 3.05) is 63.9 Å². The van der Waals surface area contributed by atoms with E-state index in [1.807, 2.05) is 6.20 Å². The predicted molar refractivity (Wildman–Crippen MR) is 106 cm³/mol. The van der Waals surface area contributed by atoms with Crippen LogP contribution in [0.4, 0.5) is 5.82 Å². The van der Waals surface area contributed by atoms with Gasteiger partial charge in [-0.1, -0.05) is 6.07 Å². The molecule has 144 valence electrons. The second kappa shape index (κ2) is 10.3. The molecule has 0 spiro atoms. The lowest BCUT2D eigenvalue weighted by atomic mass is 10.3. The molecule has 0 radical (unpaired) electrons. The van der Waals surface area contributed by atoms with Gasteiger partial charge >= 0.3 is 0 Å². The molecule has 2 N–H and O–H groups in total. The molecule has 0 atom stereocenters. The lowest BCUT2D eigenvalue weighted by molar-refractivity contribution is 0.0389. The summed E-state index contributed by atoms with van der Waals surface area (Å²) in [5.41, 5.74) is 1.14. The van der Waals surface area contributed by atoms with Gasteiger partial charge in [0.1, 0.15) is 5.82 Å². The van der Waals surface area contributed by atoms with Crippen LogP contribution in [0.1, 0.15) is 25.3 Å². The second-order valence-corrected chi connectivity index (χ2v) is 6.79. The van der Waals surface area contributed by atoms with E-state index in [-0.39, 0.29) is 0 Å². The number of aliphatic imine (C=N–C) groups is 1. The molecule has 26 heavy (non-hydrogen) atoms. The number of anilines is 1. The first-order valence-corrected chi connectivity index (χ1v) is 9.87. The predicted octanol–water partition coefficient (Wildman–Crippen LogP) is 1.07. The van der Waals surface area contributed by atoms with Crippen molar-refractivity contribution in [1.82, 2.24) is 20.5 Å². The lowest BCUT2D eigenvalue weighted by Crippen LogP contribution is -2.44. The first-order valence-electron chi connectivity index (χ1n) is 9.87. The second-order valence-electron chi connectivity index (χ2n) is 6.79. The molecule has 0 saturated carbocycles. The van der Waals surface area contributed by atoms with Crippen LogP contribution in [0.25, 0.3) is 0 Å². The number of rotatable bonds is 7. The number of ether oxygens (including phenoxy) is 1. The highest BCUT2D eigenvalue weighted by atomic mass is 16.5. The summed E-state index contributed by atoms with van der Waals surface area (Å²) in [5.74, 6) is 1.95. The zero-order chi connectivity index (χ0) is 18.0. The molecule has 2 aliphatic heterocycles. The quantitative estimate of drug-likeness (QED) is 0.560. The fourth-order valence-electron chi connectivity index (χ4n) is 3.31. The van der Waals surface area contributed by atoms with Gasteiger partial charge in [-0.3, -0.25) is 4.90 Å². The van der Waals surface area contributed by atoms with E-state index >= 15 is 0 Å². The summed E-state index contributed by atoms with van der Waals surface area (Å²) in [6.07, 6.45) is 4.50. The van der Waals surface area contributed by atoms with Crippen LogP contribution in [-0.2, 0) is 11.3 Å². The number of nitrogens with zero attached hydrogens (tertiary/aromatic N) is 4. The molecule has 0 bridgehead atoms. The van der Waals surface area contributed by atoms with Crippen LogP contribution >= 0.6 is 0 Å². The zero-order valence-electron chi connectivity index (χ0n) is 15.9. The molecule has 1 aromatic rings. The molecule has 2 fully saturated rings. The van der Waals surface area contributed by atoms with E-state index in [2.05, 4.69) is 44.5 Å². The van der Waals surface area contributed by atoms with Gasteiger partial charge < -0.3 is 20.3 Å². The van der Waals surface area contributed by atoms with Crippen molar-refractivity contribution in [3.05, 3.63) is 23.9 Å². The Morgan fingerprint density at radius 3 is 2.65 bits per heavy atom. The Bertz CT molecular complexity index is 550. The molecule has 0 aliphatic carbocycles. The molecule has 7 heteroatoms. The van der Waals surface area contributed by atoms with Crippen LogP contribution in [0.2, 0.25) is 0 Å². The van der Waals surface area contributed by atoms with Gasteiger partial charge in [-0.15, -0.1) is 0 Å². The number of guanidine groups is 1. The molecule has 1 aromatic heterocycles. The Kier molecular flexibility index (Phi) is 7.51. The Hall–Kier alpha value is -1.86. The monoisotopic (exact) mass is 360 g/mol. The Balaban J connectivity index is 1.46. The third kappa shape index (κ3) is 5.85. The minimum Gasteiger partial charge on any atom is -0.379 e. The van der Waals surface area contributed by atoms with Crippen molar-refractivity contribution < 1.29 is 4.74 Å². The largest absolute Gasteiger partial charge is 0.379 e. The maximum Gasteiger partial charge on any atom is 0.191 e. The molecule has 3 heterocycles. The third-order valence-corrected chi connectivity index (χ3v) is 4.83. The number of hydrogen-bond acceptors (Lipinski definition) is 5. The molecule has 0 aromatic carbocycles. The first kappa shape index (κ1) is 18.9. The summed E-state index contributed by atoms with van der Waals surface area (Å²) in [5, 5.41) is 6.74. The van der Waals surface area contributed by atoms with Crippen LogP contribution in [0.3, 0.4) is 0 Å². The summed E-state index contributed by atoms with van der Waals surface area (Å²) in [6, 6.07) is 4.26. The maximum atomic E-state index is 5.39. The van der Waals surface area contributed by atoms with Crippen LogP contribution < -0.4 is 15.5 Å². The van der Waals surface area contributed by atoms with Gasteiger partial charge in [0, 0.05) is 52.0 Å². The molecule has 2 aliphatic rings. The Morgan fingerprint density at radius 2 is 1.96 bits per heavy atom. The first-order chi connectivity index (χ1) is 12.8. The van der Waals surface area contributed by atoms with Crippen LogP contribution in [0, 0.1) is 0 Å². The number of hydrogen-bond donors (Lipinski definition) is 2. The minimum absolute atomic E-state index is 0.639. The molecule has 7 nitrogen and oxygen atoms in total. The average Bonchev–Trinajstić information content (AvgIpc) is 3.22. The molecular formula is C19H32N6O. The van der Waals surface area contributed by atoms with E-state index in [1.54, 1.807) is 0 Å². The minimum atomic E-state index is 0.639. The normalized spacial score (nSPS) is 19.0. The van der Waals surface area contributed by atoms with Gasteiger partial charge in [-0.25, -0.2) is 9.98 Å². The highest BCUT2D eigenvalue weighted by Crippen LogP contribution is 2.17.